The fourth-order valence-electron chi connectivity index (χ4n) is 2.52. The van der Waals surface area contributed by atoms with Crippen LogP contribution < -0.4 is 10.6 Å². The van der Waals surface area contributed by atoms with Gasteiger partial charge in [0.25, 0.3) is 0 Å². The molecule has 2 heterocycles. The van der Waals surface area contributed by atoms with Gasteiger partial charge in [-0.05, 0) is 12.1 Å². The summed E-state index contributed by atoms with van der Waals surface area (Å²) < 4.78 is 0. The Hall–Kier alpha value is -2.15. The van der Waals surface area contributed by atoms with E-state index >= 15 is 0 Å². The molecule has 1 aromatic heterocycles. The van der Waals surface area contributed by atoms with Crippen LogP contribution in [0.3, 0.4) is 0 Å². The first-order chi connectivity index (χ1) is 11.2. The number of nitrogens with one attached hydrogen (secondary N) is 2. The Morgan fingerprint density at radius 1 is 1.26 bits per heavy atom. The van der Waals surface area contributed by atoms with Gasteiger partial charge in [0.2, 0.25) is 5.91 Å². The number of rotatable bonds is 5. The van der Waals surface area contributed by atoms with E-state index < -0.39 is 0 Å². The molecule has 0 atom stereocenters. The zero-order valence-electron chi connectivity index (χ0n) is 14.0. The van der Waals surface area contributed by atoms with Gasteiger partial charge >= 0.3 is 0 Å². The van der Waals surface area contributed by atoms with E-state index in [4.69, 9.17) is 0 Å². The van der Waals surface area contributed by atoms with Crippen LogP contribution in [0.25, 0.3) is 0 Å². The molecule has 1 aliphatic rings. The lowest BCUT2D eigenvalue weighted by atomic mass is 10.3. The zero-order chi connectivity index (χ0) is 16.5. The summed E-state index contributed by atoms with van der Waals surface area (Å²) in [5.74, 6) is 0.944. The summed E-state index contributed by atoms with van der Waals surface area (Å²) in [6.07, 6.45) is 1.79. The maximum absolute atomic E-state index is 11.3. The van der Waals surface area contributed by atoms with Crippen molar-refractivity contribution in [2.24, 2.45) is 4.99 Å². The molecule has 7 nitrogen and oxygen atoms in total. The first kappa shape index (κ1) is 17.2. The number of guanidine groups is 1. The van der Waals surface area contributed by atoms with Crippen LogP contribution in [0.2, 0.25) is 0 Å². The van der Waals surface area contributed by atoms with Crippen molar-refractivity contribution >= 4 is 11.9 Å². The van der Waals surface area contributed by atoms with Crippen LogP contribution in [0, 0.1) is 0 Å². The van der Waals surface area contributed by atoms with Crippen LogP contribution in [-0.4, -0.2) is 73.0 Å². The predicted octanol–water partition coefficient (Wildman–Crippen LogP) is -0.0893. The first-order valence-corrected chi connectivity index (χ1v) is 8.01. The molecule has 0 unspecified atom stereocenters. The Morgan fingerprint density at radius 2 is 2.04 bits per heavy atom. The molecule has 1 saturated heterocycles. The molecule has 1 aromatic rings. The standard InChI is InChI=1S/C16H26N6O/c1-14(23)22-11-9-21(10-12-22)8-7-19-16(17-2)20-13-15-5-3-4-6-18-15/h3-6H,7-13H2,1-2H3,(H2,17,19,20). The van der Waals surface area contributed by atoms with Crippen molar-refractivity contribution in [1.29, 1.82) is 0 Å². The van der Waals surface area contributed by atoms with Gasteiger partial charge in [-0.3, -0.25) is 19.7 Å². The molecule has 23 heavy (non-hydrogen) atoms. The summed E-state index contributed by atoms with van der Waals surface area (Å²) in [4.78, 5) is 24.1. The van der Waals surface area contributed by atoms with Gasteiger partial charge in [0, 0.05) is 59.4 Å². The van der Waals surface area contributed by atoms with E-state index in [1.54, 1.807) is 20.2 Å². The minimum atomic E-state index is 0.168. The largest absolute Gasteiger partial charge is 0.355 e. The highest BCUT2D eigenvalue weighted by molar-refractivity contribution is 5.79. The Bertz CT molecular complexity index is 511. The SMILES string of the molecule is CN=C(NCCN1CCN(C(C)=O)CC1)NCc1ccccn1. The van der Waals surface area contributed by atoms with Crippen molar-refractivity contribution in [3.8, 4) is 0 Å². The Morgan fingerprint density at radius 3 is 2.65 bits per heavy atom. The van der Waals surface area contributed by atoms with Crippen LogP contribution in [0.15, 0.2) is 29.4 Å². The smallest absolute Gasteiger partial charge is 0.219 e. The number of amides is 1. The number of carbonyl (C=O) groups is 1. The van der Waals surface area contributed by atoms with Crippen LogP contribution in [0.5, 0.6) is 0 Å². The first-order valence-electron chi connectivity index (χ1n) is 8.01. The molecule has 1 amide bonds. The number of nitrogens with zero attached hydrogens (tertiary/aromatic N) is 4. The Labute approximate surface area is 137 Å². The average molecular weight is 318 g/mol. The Kier molecular flexibility index (Phi) is 6.80. The van der Waals surface area contributed by atoms with Gasteiger partial charge in [0.1, 0.15) is 0 Å². The van der Waals surface area contributed by atoms with E-state index in [1.807, 2.05) is 23.1 Å². The number of aliphatic imine (C=N–C) groups is 1. The van der Waals surface area contributed by atoms with Gasteiger partial charge in [-0.2, -0.15) is 0 Å². The van der Waals surface area contributed by atoms with Gasteiger partial charge in [0.05, 0.1) is 12.2 Å². The summed E-state index contributed by atoms with van der Waals surface area (Å²) in [5.41, 5.74) is 0.982. The second-order valence-electron chi connectivity index (χ2n) is 5.52. The summed E-state index contributed by atoms with van der Waals surface area (Å²) >= 11 is 0. The van der Waals surface area contributed by atoms with Crippen LogP contribution in [0.4, 0.5) is 0 Å². The van der Waals surface area contributed by atoms with Crippen LogP contribution in [0.1, 0.15) is 12.6 Å². The van der Waals surface area contributed by atoms with Gasteiger partial charge in [-0.25, -0.2) is 0 Å². The number of carbonyl (C=O) groups excluding carboxylic acids is 1. The van der Waals surface area contributed by atoms with E-state index in [9.17, 15) is 4.79 Å². The summed E-state index contributed by atoms with van der Waals surface area (Å²) in [5, 5.41) is 6.56. The van der Waals surface area contributed by atoms with Gasteiger partial charge in [0.15, 0.2) is 5.96 Å². The minimum absolute atomic E-state index is 0.168. The van der Waals surface area contributed by atoms with Gasteiger partial charge in [-0.15, -0.1) is 0 Å². The molecule has 2 rings (SSSR count). The quantitative estimate of drug-likeness (QED) is 0.586. The van der Waals surface area contributed by atoms with Crippen molar-refractivity contribution in [2.75, 3.05) is 46.3 Å². The fourth-order valence-corrected chi connectivity index (χ4v) is 2.52. The van der Waals surface area contributed by atoms with Gasteiger partial charge in [-0.1, -0.05) is 6.07 Å². The monoisotopic (exact) mass is 318 g/mol. The van der Waals surface area contributed by atoms with Crippen LogP contribution >= 0.6 is 0 Å². The van der Waals surface area contributed by atoms with Crippen molar-refractivity contribution in [3.63, 3.8) is 0 Å². The summed E-state index contributed by atoms with van der Waals surface area (Å²) in [6, 6.07) is 5.86. The van der Waals surface area contributed by atoms with Crippen molar-refractivity contribution in [3.05, 3.63) is 30.1 Å². The number of aromatic nitrogens is 1. The highest BCUT2D eigenvalue weighted by atomic mass is 16.2. The molecule has 0 bridgehead atoms. The third kappa shape index (κ3) is 5.86. The number of hydrogen-bond acceptors (Lipinski definition) is 4. The lowest BCUT2D eigenvalue weighted by Gasteiger charge is -2.34. The maximum atomic E-state index is 11.3. The lowest BCUT2D eigenvalue weighted by molar-refractivity contribution is -0.130. The maximum Gasteiger partial charge on any atom is 0.219 e. The molecule has 1 aliphatic heterocycles. The third-order valence-electron chi connectivity index (χ3n) is 3.92. The van der Waals surface area contributed by atoms with Crippen molar-refractivity contribution < 1.29 is 4.79 Å². The Balaban J connectivity index is 1.64. The normalized spacial score (nSPS) is 16.3. The lowest BCUT2D eigenvalue weighted by Crippen LogP contribution is -2.50. The number of pyridine rings is 1. The molecule has 1 fully saturated rings. The molecule has 0 saturated carbocycles. The number of hydrogen-bond donors (Lipinski definition) is 2. The van der Waals surface area contributed by atoms with E-state index in [-0.39, 0.29) is 5.91 Å². The number of piperazine rings is 1. The van der Waals surface area contributed by atoms with Gasteiger partial charge < -0.3 is 15.5 Å². The molecular weight excluding hydrogens is 292 g/mol. The van der Waals surface area contributed by atoms with Crippen LogP contribution in [-0.2, 0) is 11.3 Å². The van der Waals surface area contributed by atoms with E-state index in [0.29, 0.717) is 6.54 Å². The fraction of sp³-hybridized carbons (Fsp3) is 0.562. The van der Waals surface area contributed by atoms with E-state index in [0.717, 1.165) is 50.9 Å². The van der Waals surface area contributed by atoms with Crippen molar-refractivity contribution in [2.45, 2.75) is 13.5 Å². The minimum Gasteiger partial charge on any atom is -0.355 e. The third-order valence-corrected chi connectivity index (χ3v) is 3.92. The second-order valence-corrected chi connectivity index (χ2v) is 5.52. The molecule has 0 spiro atoms. The zero-order valence-corrected chi connectivity index (χ0v) is 14.0. The highest BCUT2D eigenvalue weighted by Crippen LogP contribution is 2.00. The highest BCUT2D eigenvalue weighted by Gasteiger charge is 2.17. The molecule has 0 aromatic carbocycles. The predicted molar refractivity (Wildman–Crippen MR) is 91.1 cm³/mol. The van der Waals surface area contributed by atoms with E-state index in [2.05, 4.69) is 25.5 Å². The summed E-state index contributed by atoms with van der Waals surface area (Å²) in [6.45, 7) is 7.55. The molecular formula is C16H26N6O. The topological polar surface area (TPSA) is 72.9 Å². The molecule has 7 heteroatoms. The average Bonchev–Trinajstić information content (AvgIpc) is 2.59. The summed E-state index contributed by atoms with van der Waals surface area (Å²) in [7, 11) is 1.76. The van der Waals surface area contributed by atoms with Crippen molar-refractivity contribution in [1.82, 2.24) is 25.4 Å². The molecule has 0 aliphatic carbocycles. The molecule has 2 N–H and O–H groups in total. The van der Waals surface area contributed by atoms with E-state index in [1.165, 1.54) is 0 Å². The molecule has 0 radical (unpaired) electrons. The molecule has 126 valence electrons. The second kappa shape index (κ2) is 9.09.